The number of methoxy groups -OCH3 is 2. The Morgan fingerprint density at radius 2 is 1.35 bits per heavy atom. The van der Waals surface area contributed by atoms with E-state index in [-0.39, 0.29) is 5.92 Å². The van der Waals surface area contributed by atoms with Crippen LogP contribution in [0, 0.1) is 5.92 Å². The molecule has 0 radical (unpaired) electrons. The molecule has 0 aliphatic carbocycles. The molecule has 0 aromatic heterocycles. The van der Waals surface area contributed by atoms with Gasteiger partial charge >= 0.3 is 0 Å². The third-order valence-corrected chi connectivity index (χ3v) is 4.22. The minimum Gasteiger partial charge on any atom is -0.497 e. The first-order valence-corrected chi connectivity index (χ1v) is 7.70. The maximum Gasteiger partial charge on any atom is 0.130 e. The summed E-state index contributed by atoms with van der Waals surface area (Å²) in [5.74, 6) is 1.44. The monoisotopic (exact) mass is 315 g/mol. The Hall–Kier alpha value is -2.04. The van der Waals surface area contributed by atoms with Gasteiger partial charge in [0.2, 0.25) is 0 Å². The normalized spacial score (nSPS) is 13.0. The Labute approximate surface area is 137 Å². The second kappa shape index (κ2) is 7.02. The Morgan fingerprint density at radius 3 is 1.70 bits per heavy atom. The topological polar surface area (TPSA) is 64.7 Å². The molecule has 0 saturated heterocycles. The summed E-state index contributed by atoms with van der Waals surface area (Å²) < 4.78 is 10.6. The van der Waals surface area contributed by atoms with Crippen molar-refractivity contribution in [3.8, 4) is 11.5 Å². The minimum absolute atomic E-state index is 0.0809. The second-order valence-electron chi connectivity index (χ2n) is 6.00. The van der Waals surface area contributed by atoms with Crippen molar-refractivity contribution in [2.75, 3.05) is 14.2 Å². The summed E-state index contributed by atoms with van der Waals surface area (Å²) in [6.07, 6.45) is 0. The van der Waals surface area contributed by atoms with Crippen molar-refractivity contribution in [2.24, 2.45) is 11.7 Å². The maximum atomic E-state index is 11.6. The molecule has 4 nitrogen and oxygen atoms in total. The van der Waals surface area contributed by atoms with Gasteiger partial charge in [0.25, 0.3) is 0 Å². The lowest BCUT2D eigenvalue weighted by molar-refractivity contribution is 0.0349. The number of ether oxygens (including phenoxy) is 2. The van der Waals surface area contributed by atoms with Gasteiger partial charge in [0.15, 0.2) is 0 Å². The van der Waals surface area contributed by atoms with Gasteiger partial charge < -0.3 is 20.3 Å². The van der Waals surface area contributed by atoms with Gasteiger partial charge in [-0.2, -0.15) is 0 Å². The number of aliphatic hydroxyl groups is 1. The molecule has 1 unspecified atom stereocenters. The summed E-state index contributed by atoms with van der Waals surface area (Å²) in [5, 5.41) is 11.6. The van der Waals surface area contributed by atoms with Crippen molar-refractivity contribution >= 4 is 0 Å². The smallest absolute Gasteiger partial charge is 0.130 e. The molecular weight excluding hydrogens is 290 g/mol. The fourth-order valence-corrected chi connectivity index (χ4v) is 2.75. The highest BCUT2D eigenvalue weighted by Crippen LogP contribution is 2.37. The molecule has 2 aromatic carbocycles. The molecule has 0 spiro atoms. The van der Waals surface area contributed by atoms with Crippen LogP contribution in [0.2, 0.25) is 0 Å². The van der Waals surface area contributed by atoms with E-state index in [4.69, 9.17) is 15.2 Å². The highest BCUT2D eigenvalue weighted by atomic mass is 16.5. The van der Waals surface area contributed by atoms with Crippen LogP contribution in [-0.2, 0) is 5.60 Å². The van der Waals surface area contributed by atoms with Crippen molar-refractivity contribution in [1.29, 1.82) is 0 Å². The number of hydrogen-bond acceptors (Lipinski definition) is 4. The fraction of sp³-hybridized carbons (Fsp3) is 0.368. The second-order valence-corrected chi connectivity index (χ2v) is 6.00. The molecule has 1 atom stereocenters. The van der Waals surface area contributed by atoms with Crippen LogP contribution in [0.25, 0.3) is 0 Å². The lowest BCUT2D eigenvalue weighted by atomic mass is 9.76. The minimum atomic E-state index is -1.34. The summed E-state index contributed by atoms with van der Waals surface area (Å²) in [5.41, 5.74) is 6.47. The van der Waals surface area contributed by atoms with Crippen molar-refractivity contribution < 1.29 is 14.6 Å². The highest BCUT2D eigenvalue weighted by molar-refractivity contribution is 5.44. The van der Waals surface area contributed by atoms with Crippen molar-refractivity contribution in [3.05, 3.63) is 59.7 Å². The first kappa shape index (κ1) is 17.3. The Kier molecular flexibility index (Phi) is 5.29. The molecule has 23 heavy (non-hydrogen) atoms. The summed E-state index contributed by atoms with van der Waals surface area (Å²) in [4.78, 5) is 0. The van der Waals surface area contributed by atoms with E-state index in [1.165, 1.54) is 0 Å². The third kappa shape index (κ3) is 3.33. The van der Waals surface area contributed by atoms with Crippen LogP contribution in [0.15, 0.2) is 48.5 Å². The van der Waals surface area contributed by atoms with E-state index in [0.717, 1.165) is 0 Å². The van der Waals surface area contributed by atoms with Crippen molar-refractivity contribution in [1.82, 2.24) is 0 Å². The predicted octanol–water partition coefficient (Wildman–Crippen LogP) is 2.92. The summed E-state index contributed by atoms with van der Waals surface area (Å²) in [6, 6.07) is 14.3. The fourth-order valence-electron chi connectivity index (χ4n) is 2.75. The van der Waals surface area contributed by atoms with Crippen LogP contribution in [-0.4, -0.2) is 25.4 Å². The van der Waals surface area contributed by atoms with Gasteiger partial charge in [0, 0.05) is 6.04 Å². The van der Waals surface area contributed by atoms with Crippen LogP contribution in [0.3, 0.4) is 0 Å². The van der Waals surface area contributed by atoms with E-state index in [1.807, 2.05) is 62.4 Å². The molecule has 2 rings (SSSR count). The molecule has 0 bridgehead atoms. The average Bonchev–Trinajstić information content (AvgIpc) is 2.60. The van der Waals surface area contributed by atoms with E-state index in [1.54, 1.807) is 14.2 Å². The molecule has 0 amide bonds. The van der Waals surface area contributed by atoms with E-state index >= 15 is 0 Å². The van der Waals surface area contributed by atoms with Crippen molar-refractivity contribution in [2.45, 2.75) is 25.5 Å². The van der Waals surface area contributed by atoms with Crippen molar-refractivity contribution in [3.63, 3.8) is 0 Å². The molecule has 0 heterocycles. The number of benzene rings is 2. The molecule has 0 aliphatic rings. The Morgan fingerprint density at radius 1 is 0.913 bits per heavy atom. The third-order valence-electron chi connectivity index (χ3n) is 4.22. The van der Waals surface area contributed by atoms with Crippen LogP contribution >= 0.6 is 0 Å². The van der Waals surface area contributed by atoms with Crippen LogP contribution in [0.1, 0.15) is 25.0 Å². The van der Waals surface area contributed by atoms with Gasteiger partial charge in [-0.05, 0) is 41.3 Å². The summed E-state index contributed by atoms with van der Waals surface area (Å²) in [6.45, 7) is 3.99. The average molecular weight is 315 g/mol. The van der Waals surface area contributed by atoms with Gasteiger partial charge in [-0.25, -0.2) is 0 Å². The van der Waals surface area contributed by atoms with Crippen LogP contribution < -0.4 is 15.2 Å². The summed E-state index contributed by atoms with van der Waals surface area (Å²) in [7, 11) is 3.21. The predicted molar refractivity (Wildman–Crippen MR) is 91.8 cm³/mol. The Balaban J connectivity index is 2.64. The largest absolute Gasteiger partial charge is 0.497 e. The first-order valence-electron chi connectivity index (χ1n) is 7.70. The molecule has 0 fully saturated rings. The molecule has 0 saturated carbocycles. The van der Waals surface area contributed by atoms with Gasteiger partial charge in [0.1, 0.15) is 17.1 Å². The number of nitrogens with two attached hydrogens (primary N) is 1. The first-order chi connectivity index (χ1) is 10.9. The summed E-state index contributed by atoms with van der Waals surface area (Å²) >= 11 is 0. The Bertz CT molecular complexity index is 607. The quantitative estimate of drug-likeness (QED) is 0.860. The molecule has 3 N–H and O–H groups in total. The lowest BCUT2D eigenvalue weighted by Crippen LogP contribution is -2.49. The standard InChI is InChI=1S/C19H25NO3/c1-13(2)18(20)19(21,14-7-5-9-16(11-14)22-3)15-8-6-10-17(12-15)23-4/h5-13,18,21H,20H2,1-4H3. The lowest BCUT2D eigenvalue weighted by Gasteiger charge is -2.37. The highest BCUT2D eigenvalue weighted by Gasteiger charge is 2.40. The van der Waals surface area contributed by atoms with E-state index in [0.29, 0.717) is 22.6 Å². The number of rotatable bonds is 6. The van der Waals surface area contributed by atoms with Gasteiger partial charge in [-0.15, -0.1) is 0 Å². The van der Waals surface area contributed by atoms with Gasteiger partial charge in [0.05, 0.1) is 14.2 Å². The molecule has 2 aromatic rings. The zero-order valence-corrected chi connectivity index (χ0v) is 14.1. The van der Waals surface area contributed by atoms with E-state index in [9.17, 15) is 5.11 Å². The molecule has 4 heteroatoms. The SMILES string of the molecule is COc1cccc(C(O)(c2cccc(OC)c2)C(N)C(C)C)c1. The zero-order chi connectivity index (χ0) is 17.0. The number of hydrogen-bond donors (Lipinski definition) is 2. The van der Waals surface area contributed by atoms with E-state index < -0.39 is 11.6 Å². The molecular formula is C19H25NO3. The van der Waals surface area contributed by atoms with Gasteiger partial charge in [-0.3, -0.25) is 0 Å². The molecule has 0 aliphatic heterocycles. The zero-order valence-electron chi connectivity index (χ0n) is 14.1. The molecule has 124 valence electrons. The van der Waals surface area contributed by atoms with Crippen LogP contribution in [0.4, 0.5) is 0 Å². The van der Waals surface area contributed by atoms with Gasteiger partial charge in [-0.1, -0.05) is 38.1 Å². The van der Waals surface area contributed by atoms with Crippen LogP contribution in [0.5, 0.6) is 11.5 Å². The van der Waals surface area contributed by atoms with E-state index in [2.05, 4.69) is 0 Å². The maximum absolute atomic E-state index is 11.6.